The monoisotopic (exact) mass is 530 g/mol. The Morgan fingerprint density at radius 1 is 0.897 bits per heavy atom. The normalized spacial score (nSPS) is 24.1. The van der Waals surface area contributed by atoms with Crippen LogP contribution in [0.3, 0.4) is 0 Å². The van der Waals surface area contributed by atoms with Gasteiger partial charge in [0.25, 0.3) is 5.91 Å². The van der Waals surface area contributed by atoms with Gasteiger partial charge in [0.1, 0.15) is 17.5 Å². The summed E-state index contributed by atoms with van der Waals surface area (Å²) in [6.07, 6.45) is 5.15. The highest BCUT2D eigenvalue weighted by Gasteiger charge is 2.81. The third-order valence-corrected chi connectivity index (χ3v) is 9.22. The summed E-state index contributed by atoms with van der Waals surface area (Å²) in [6, 6.07) is 14.7. The number of carbonyl (C=O) groups is 2. The van der Waals surface area contributed by atoms with Crippen molar-refractivity contribution in [3.63, 3.8) is 0 Å². The van der Waals surface area contributed by atoms with Crippen LogP contribution >= 0.6 is 0 Å². The molecule has 0 radical (unpaired) electrons. The van der Waals surface area contributed by atoms with Gasteiger partial charge in [0.2, 0.25) is 0 Å². The Bertz CT molecular complexity index is 1670. The van der Waals surface area contributed by atoms with Crippen molar-refractivity contribution in [2.45, 2.75) is 44.2 Å². The topological polar surface area (TPSA) is 71.3 Å². The fourth-order valence-corrected chi connectivity index (χ4v) is 7.04. The third kappa shape index (κ3) is 3.53. The lowest BCUT2D eigenvalue weighted by Crippen LogP contribution is -2.73. The van der Waals surface area contributed by atoms with Crippen molar-refractivity contribution in [1.29, 1.82) is 0 Å². The van der Waals surface area contributed by atoms with Crippen LogP contribution in [0.5, 0.6) is 0 Å². The van der Waals surface area contributed by atoms with Gasteiger partial charge >= 0.3 is 5.97 Å². The number of carboxylic acid groups (broad SMARTS) is 1. The Morgan fingerprint density at radius 2 is 1.59 bits per heavy atom. The molecule has 0 aliphatic heterocycles. The van der Waals surface area contributed by atoms with E-state index in [2.05, 4.69) is 5.32 Å². The number of aliphatic carboxylic acids is 1. The number of halogens is 3. The van der Waals surface area contributed by atoms with Gasteiger partial charge in [0.05, 0.1) is 16.5 Å². The second-order valence-electron chi connectivity index (χ2n) is 11.6. The van der Waals surface area contributed by atoms with Crippen molar-refractivity contribution in [3.05, 3.63) is 95.4 Å². The summed E-state index contributed by atoms with van der Waals surface area (Å²) < 4.78 is 43.8. The second kappa shape index (κ2) is 7.97. The number of rotatable bonds is 7. The standard InChI is InChI=1S/C31H25F3N2O3/c32-21-3-1-18(2-4-21)14-36-10-7-19-11-20(23-6-5-22(33)13-25(23)34)12-24(26(19)36)27(37)35-31(8-9-31)30-15-29(16-30,17-30)28(38)39/h1-7,10-13H,8-9,14-17H2,(H,35,37)(H,38,39). The molecule has 0 atom stereocenters. The molecular formula is C31H25F3N2O3. The minimum atomic E-state index is -0.763. The van der Waals surface area contributed by atoms with E-state index in [-0.39, 0.29) is 22.7 Å². The van der Waals surface area contributed by atoms with Crippen molar-refractivity contribution in [2.24, 2.45) is 10.8 Å². The number of amides is 1. The molecule has 3 aromatic carbocycles. The van der Waals surface area contributed by atoms with Crippen LogP contribution in [0.4, 0.5) is 13.2 Å². The van der Waals surface area contributed by atoms with Gasteiger partial charge in [-0.2, -0.15) is 0 Å². The van der Waals surface area contributed by atoms with E-state index in [4.69, 9.17) is 0 Å². The van der Waals surface area contributed by atoms with Crippen LogP contribution in [0, 0.1) is 28.3 Å². The first kappa shape index (κ1) is 24.0. The van der Waals surface area contributed by atoms with Crippen molar-refractivity contribution in [2.75, 3.05) is 0 Å². The molecule has 0 unspecified atom stereocenters. The Balaban J connectivity index is 1.28. The molecule has 1 aromatic heterocycles. The number of hydrogen-bond donors (Lipinski definition) is 2. The van der Waals surface area contributed by atoms with Gasteiger partial charge < -0.3 is 15.0 Å². The average Bonchev–Trinajstić information content (AvgIpc) is 3.49. The second-order valence-corrected chi connectivity index (χ2v) is 11.6. The molecule has 4 saturated carbocycles. The molecule has 4 aliphatic carbocycles. The predicted molar refractivity (Wildman–Crippen MR) is 139 cm³/mol. The zero-order chi connectivity index (χ0) is 27.2. The van der Waals surface area contributed by atoms with E-state index in [1.807, 2.05) is 16.8 Å². The fraction of sp³-hybridized carbons (Fsp3) is 0.290. The number of benzene rings is 3. The molecule has 2 N–H and O–H groups in total. The van der Waals surface area contributed by atoms with E-state index in [9.17, 15) is 27.9 Å². The van der Waals surface area contributed by atoms with Crippen LogP contribution in [-0.2, 0) is 11.3 Å². The maximum atomic E-state index is 14.8. The maximum absolute atomic E-state index is 14.8. The number of nitrogens with zero attached hydrogens (tertiary/aromatic N) is 1. The van der Waals surface area contributed by atoms with Crippen LogP contribution in [-0.4, -0.2) is 27.1 Å². The number of carboxylic acids is 1. The Morgan fingerprint density at radius 3 is 2.23 bits per heavy atom. The molecule has 4 aromatic rings. The SMILES string of the molecule is O=C(NC1(C23CC(C(=O)O)(C2)C3)CC1)c1cc(-c2ccc(F)cc2F)cc2ccn(Cc3ccc(F)cc3)c12. The van der Waals surface area contributed by atoms with Gasteiger partial charge in [0, 0.05) is 35.3 Å². The van der Waals surface area contributed by atoms with Gasteiger partial charge in [-0.3, -0.25) is 9.59 Å². The molecule has 4 fully saturated rings. The van der Waals surface area contributed by atoms with Crippen LogP contribution in [0.15, 0.2) is 66.9 Å². The minimum Gasteiger partial charge on any atom is -0.481 e. The first-order chi connectivity index (χ1) is 18.6. The quantitative estimate of drug-likeness (QED) is 0.295. The number of carbonyl (C=O) groups excluding carboxylic acids is 1. The highest BCUT2D eigenvalue weighted by Crippen LogP contribution is 2.81. The molecule has 2 bridgehead atoms. The van der Waals surface area contributed by atoms with E-state index >= 15 is 0 Å². The lowest BCUT2D eigenvalue weighted by atomic mass is 9.32. The first-order valence-corrected chi connectivity index (χ1v) is 13.0. The Hall–Kier alpha value is -4.07. The van der Waals surface area contributed by atoms with Gasteiger partial charge in [-0.1, -0.05) is 12.1 Å². The molecule has 8 heteroatoms. The lowest BCUT2D eigenvalue weighted by molar-refractivity contribution is -0.236. The molecule has 0 saturated heterocycles. The summed E-state index contributed by atoms with van der Waals surface area (Å²) in [5.74, 6) is -2.82. The summed E-state index contributed by atoms with van der Waals surface area (Å²) in [6.45, 7) is 0.393. The molecule has 39 heavy (non-hydrogen) atoms. The Kier molecular flexibility index (Phi) is 4.91. The minimum absolute atomic E-state index is 0.183. The van der Waals surface area contributed by atoms with E-state index in [0.29, 0.717) is 47.8 Å². The Labute approximate surface area is 222 Å². The predicted octanol–water partition coefficient (Wildman–Crippen LogP) is 6.29. The first-order valence-electron chi connectivity index (χ1n) is 13.0. The summed E-state index contributed by atoms with van der Waals surface area (Å²) in [7, 11) is 0. The zero-order valence-electron chi connectivity index (χ0n) is 20.9. The molecule has 198 valence electrons. The largest absolute Gasteiger partial charge is 0.481 e. The smallest absolute Gasteiger partial charge is 0.309 e. The van der Waals surface area contributed by atoms with Crippen LogP contribution in [0.2, 0.25) is 0 Å². The molecule has 1 heterocycles. The maximum Gasteiger partial charge on any atom is 0.309 e. The van der Waals surface area contributed by atoms with E-state index in [0.717, 1.165) is 24.5 Å². The summed E-state index contributed by atoms with van der Waals surface area (Å²) in [4.78, 5) is 25.6. The third-order valence-electron chi connectivity index (χ3n) is 9.22. The fourth-order valence-electron chi connectivity index (χ4n) is 7.04. The van der Waals surface area contributed by atoms with Gasteiger partial charge in [0.15, 0.2) is 0 Å². The summed E-state index contributed by atoms with van der Waals surface area (Å²) in [5.41, 5.74) is 1.23. The van der Waals surface area contributed by atoms with E-state index in [1.165, 1.54) is 24.3 Å². The number of aromatic nitrogens is 1. The van der Waals surface area contributed by atoms with Crippen molar-refractivity contribution in [1.82, 2.24) is 9.88 Å². The van der Waals surface area contributed by atoms with Crippen LogP contribution in [0.25, 0.3) is 22.0 Å². The van der Waals surface area contributed by atoms with Crippen molar-refractivity contribution >= 4 is 22.8 Å². The molecule has 0 spiro atoms. The van der Waals surface area contributed by atoms with Gasteiger partial charge in [-0.25, -0.2) is 13.2 Å². The highest BCUT2D eigenvalue weighted by atomic mass is 19.1. The zero-order valence-corrected chi connectivity index (χ0v) is 20.9. The number of nitrogens with one attached hydrogen (secondary N) is 1. The lowest BCUT2D eigenvalue weighted by Gasteiger charge is -2.71. The van der Waals surface area contributed by atoms with Gasteiger partial charge in [-0.05, 0) is 91.1 Å². The van der Waals surface area contributed by atoms with E-state index < -0.39 is 28.6 Å². The number of hydrogen-bond acceptors (Lipinski definition) is 2. The molecule has 4 aliphatic rings. The van der Waals surface area contributed by atoms with Gasteiger partial charge in [-0.15, -0.1) is 0 Å². The highest BCUT2D eigenvalue weighted by molar-refractivity contribution is 6.08. The molecule has 5 nitrogen and oxygen atoms in total. The number of fused-ring (bicyclic) bond motifs is 1. The molecule has 8 rings (SSSR count). The van der Waals surface area contributed by atoms with Crippen molar-refractivity contribution in [3.8, 4) is 11.1 Å². The summed E-state index contributed by atoms with van der Waals surface area (Å²) >= 11 is 0. The molecular weight excluding hydrogens is 505 g/mol. The van der Waals surface area contributed by atoms with Crippen LogP contribution < -0.4 is 5.32 Å². The van der Waals surface area contributed by atoms with Crippen LogP contribution in [0.1, 0.15) is 48.0 Å². The summed E-state index contributed by atoms with van der Waals surface area (Å²) in [5, 5.41) is 13.5. The van der Waals surface area contributed by atoms with E-state index in [1.54, 1.807) is 24.3 Å². The van der Waals surface area contributed by atoms with Crippen molar-refractivity contribution < 1.29 is 27.9 Å². The average molecular weight is 531 g/mol. The molecule has 1 amide bonds.